The fourth-order valence-electron chi connectivity index (χ4n) is 2.84. The molecule has 1 heterocycles. The Morgan fingerprint density at radius 2 is 1.78 bits per heavy atom. The number of azo groups is 1. The molecule has 0 aliphatic rings. The first-order valence-electron chi connectivity index (χ1n) is 8.17. The predicted molar refractivity (Wildman–Crippen MR) is 103 cm³/mol. The van der Waals surface area contributed by atoms with Crippen LogP contribution in [-0.4, -0.2) is 30.7 Å². The Labute approximate surface area is 156 Å². The summed E-state index contributed by atoms with van der Waals surface area (Å²) in [5.41, 5.74) is 3.30. The molecule has 0 saturated heterocycles. The van der Waals surface area contributed by atoms with Crippen LogP contribution in [0.1, 0.15) is 16.7 Å². The van der Waals surface area contributed by atoms with Crippen molar-refractivity contribution in [3.8, 4) is 11.6 Å². The van der Waals surface area contributed by atoms with Crippen LogP contribution in [0.5, 0.6) is 11.6 Å². The van der Waals surface area contributed by atoms with Gasteiger partial charge in [0.2, 0.25) is 15.9 Å². The van der Waals surface area contributed by atoms with E-state index in [1.165, 1.54) is 7.05 Å². The van der Waals surface area contributed by atoms with Gasteiger partial charge >= 0.3 is 0 Å². The van der Waals surface area contributed by atoms with Crippen molar-refractivity contribution in [3.05, 3.63) is 47.0 Å². The Morgan fingerprint density at radius 1 is 1.11 bits per heavy atom. The van der Waals surface area contributed by atoms with E-state index in [9.17, 15) is 18.6 Å². The molecule has 0 fully saturated rings. The topological polar surface area (TPSA) is 127 Å². The number of nitrogens with zero attached hydrogens (tertiary/aromatic N) is 2. The van der Waals surface area contributed by atoms with E-state index in [1.807, 2.05) is 0 Å². The van der Waals surface area contributed by atoms with Crippen LogP contribution in [0.2, 0.25) is 0 Å². The molecule has 0 bridgehead atoms. The number of fused-ring (bicyclic) bond motifs is 1. The number of sulfonamides is 1. The number of benzene rings is 2. The van der Waals surface area contributed by atoms with E-state index in [2.05, 4.69) is 19.9 Å². The van der Waals surface area contributed by atoms with Crippen molar-refractivity contribution in [3.63, 3.8) is 0 Å². The number of H-pyrrole nitrogens is 1. The Kier molecular flexibility index (Phi) is 4.90. The zero-order valence-electron chi connectivity index (χ0n) is 15.1. The summed E-state index contributed by atoms with van der Waals surface area (Å²) in [6.45, 7) is 3.52. The molecule has 2 aromatic carbocycles. The Hall–Kier alpha value is -2.91. The van der Waals surface area contributed by atoms with E-state index in [-0.39, 0.29) is 23.1 Å². The maximum Gasteiger partial charge on any atom is 0.218 e. The number of nitrogens with one attached hydrogen (secondary N) is 2. The SMILES string of the molecule is CNS(=O)(=O)Cc1ccc(N=Nc2c(O)[nH]c3cc(C)c(O)c(C)c23)cc1. The van der Waals surface area contributed by atoms with Crippen LogP contribution in [-0.2, 0) is 15.8 Å². The van der Waals surface area contributed by atoms with Gasteiger partial charge < -0.3 is 15.2 Å². The van der Waals surface area contributed by atoms with Crippen molar-refractivity contribution < 1.29 is 18.6 Å². The van der Waals surface area contributed by atoms with Crippen LogP contribution in [0, 0.1) is 13.8 Å². The van der Waals surface area contributed by atoms with Gasteiger partial charge in [0.15, 0.2) is 5.69 Å². The van der Waals surface area contributed by atoms with Gasteiger partial charge in [-0.3, -0.25) is 0 Å². The van der Waals surface area contributed by atoms with Crippen molar-refractivity contribution in [1.82, 2.24) is 9.71 Å². The van der Waals surface area contributed by atoms with Gasteiger partial charge in [0, 0.05) is 10.9 Å². The number of aromatic nitrogens is 1. The van der Waals surface area contributed by atoms with Crippen molar-refractivity contribution in [2.45, 2.75) is 19.6 Å². The largest absolute Gasteiger partial charge is 0.507 e. The van der Waals surface area contributed by atoms with E-state index in [0.29, 0.717) is 33.3 Å². The molecular formula is C18H20N4O4S. The van der Waals surface area contributed by atoms with Crippen molar-refractivity contribution in [1.29, 1.82) is 0 Å². The van der Waals surface area contributed by atoms with Gasteiger partial charge in [-0.25, -0.2) is 13.1 Å². The third-order valence-electron chi connectivity index (χ3n) is 4.32. The van der Waals surface area contributed by atoms with E-state index in [1.54, 1.807) is 44.2 Å². The number of phenols is 1. The molecule has 0 atom stereocenters. The molecule has 0 spiro atoms. The third-order valence-corrected chi connectivity index (χ3v) is 5.65. The molecule has 0 radical (unpaired) electrons. The van der Waals surface area contributed by atoms with Crippen molar-refractivity contribution in [2.75, 3.05) is 7.05 Å². The molecule has 0 amide bonds. The van der Waals surface area contributed by atoms with Gasteiger partial charge in [0.1, 0.15) is 5.75 Å². The number of phenolic OH excluding ortho intramolecular Hbond substituents is 1. The molecule has 8 nitrogen and oxygen atoms in total. The highest BCUT2D eigenvalue weighted by Gasteiger charge is 2.16. The van der Waals surface area contributed by atoms with E-state index in [0.717, 1.165) is 0 Å². The maximum atomic E-state index is 11.6. The van der Waals surface area contributed by atoms with Gasteiger partial charge in [-0.1, -0.05) is 12.1 Å². The monoisotopic (exact) mass is 388 g/mol. The summed E-state index contributed by atoms with van der Waals surface area (Å²) in [7, 11) is -1.97. The minimum absolute atomic E-state index is 0.123. The summed E-state index contributed by atoms with van der Waals surface area (Å²) < 4.78 is 25.4. The molecular weight excluding hydrogens is 368 g/mol. The second kappa shape index (κ2) is 7.01. The molecule has 1 aromatic heterocycles. The second-order valence-electron chi connectivity index (χ2n) is 6.24. The van der Waals surface area contributed by atoms with Gasteiger partial charge in [-0.05, 0) is 50.2 Å². The van der Waals surface area contributed by atoms with Crippen LogP contribution >= 0.6 is 0 Å². The molecule has 0 aliphatic carbocycles. The highest BCUT2D eigenvalue weighted by atomic mass is 32.2. The average Bonchev–Trinajstić information content (AvgIpc) is 2.94. The van der Waals surface area contributed by atoms with Crippen LogP contribution in [0.15, 0.2) is 40.6 Å². The zero-order chi connectivity index (χ0) is 19.8. The number of aromatic hydroxyl groups is 2. The minimum Gasteiger partial charge on any atom is -0.507 e. The zero-order valence-corrected chi connectivity index (χ0v) is 15.9. The molecule has 9 heteroatoms. The summed E-state index contributed by atoms with van der Waals surface area (Å²) in [6.07, 6.45) is 0. The summed E-state index contributed by atoms with van der Waals surface area (Å²) >= 11 is 0. The van der Waals surface area contributed by atoms with Crippen LogP contribution in [0.25, 0.3) is 10.9 Å². The third kappa shape index (κ3) is 3.79. The second-order valence-corrected chi connectivity index (χ2v) is 8.17. The Bertz CT molecular complexity index is 1130. The quantitative estimate of drug-likeness (QED) is 0.497. The fourth-order valence-corrected chi connectivity index (χ4v) is 3.61. The van der Waals surface area contributed by atoms with Crippen molar-refractivity contribution >= 4 is 32.3 Å². The normalized spacial score (nSPS) is 12.3. The molecule has 0 unspecified atom stereocenters. The van der Waals surface area contributed by atoms with Gasteiger partial charge in [-0.2, -0.15) is 5.11 Å². The van der Waals surface area contributed by atoms with E-state index >= 15 is 0 Å². The summed E-state index contributed by atoms with van der Waals surface area (Å²) in [6, 6.07) is 8.32. The standard InChI is InChI=1S/C18H20N4O4S/c1-10-8-14-15(11(2)17(10)23)16(18(24)20-14)22-21-13-6-4-12(5-7-13)9-27(25,26)19-3/h4-8,19-20,23-24H,9H2,1-3H3. The average molecular weight is 388 g/mol. The summed E-state index contributed by atoms with van der Waals surface area (Å²) in [5.74, 6) is -0.117. The summed E-state index contributed by atoms with van der Waals surface area (Å²) in [5, 5.41) is 29.1. The predicted octanol–water partition coefficient (Wildman–Crippen LogP) is 3.66. The number of aryl methyl sites for hydroxylation is 2. The van der Waals surface area contributed by atoms with E-state index < -0.39 is 10.0 Å². The lowest BCUT2D eigenvalue weighted by Crippen LogP contribution is -2.20. The Balaban J connectivity index is 1.93. The number of rotatable bonds is 5. The first-order chi connectivity index (χ1) is 12.7. The van der Waals surface area contributed by atoms with Gasteiger partial charge in [-0.15, -0.1) is 5.11 Å². The van der Waals surface area contributed by atoms with Gasteiger partial charge in [0.05, 0.1) is 17.0 Å². The molecule has 3 aromatic rings. The lowest BCUT2D eigenvalue weighted by Gasteiger charge is -2.05. The van der Waals surface area contributed by atoms with Crippen LogP contribution < -0.4 is 4.72 Å². The Morgan fingerprint density at radius 3 is 2.41 bits per heavy atom. The molecule has 3 rings (SSSR count). The lowest BCUT2D eigenvalue weighted by molar-refractivity contribution is 0.459. The maximum absolute atomic E-state index is 11.6. The molecule has 27 heavy (non-hydrogen) atoms. The van der Waals surface area contributed by atoms with Crippen molar-refractivity contribution in [2.24, 2.45) is 10.2 Å². The first-order valence-corrected chi connectivity index (χ1v) is 9.83. The molecule has 0 aliphatic heterocycles. The van der Waals surface area contributed by atoms with Crippen LogP contribution in [0.4, 0.5) is 11.4 Å². The first kappa shape index (κ1) is 18.9. The van der Waals surface area contributed by atoms with Crippen LogP contribution in [0.3, 0.4) is 0 Å². The lowest BCUT2D eigenvalue weighted by atomic mass is 10.1. The summed E-state index contributed by atoms with van der Waals surface area (Å²) in [4.78, 5) is 2.83. The molecule has 0 saturated carbocycles. The highest BCUT2D eigenvalue weighted by Crippen LogP contribution is 2.42. The highest BCUT2D eigenvalue weighted by molar-refractivity contribution is 7.88. The molecule has 142 valence electrons. The molecule has 4 N–H and O–H groups in total. The smallest absolute Gasteiger partial charge is 0.218 e. The minimum atomic E-state index is -3.34. The fraction of sp³-hybridized carbons (Fsp3) is 0.222. The number of hydrogen-bond acceptors (Lipinski definition) is 6. The van der Waals surface area contributed by atoms with E-state index in [4.69, 9.17) is 0 Å². The number of aromatic amines is 1. The number of hydrogen-bond donors (Lipinski definition) is 4. The van der Waals surface area contributed by atoms with Gasteiger partial charge in [0.25, 0.3) is 0 Å².